The van der Waals surface area contributed by atoms with Gasteiger partial charge in [-0.2, -0.15) is 0 Å². The van der Waals surface area contributed by atoms with Crippen LogP contribution in [0.25, 0.3) is 5.69 Å². The van der Waals surface area contributed by atoms with E-state index in [4.69, 9.17) is 4.99 Å². The van der Waals surface area contributed by atoms with Crippen molar-refractivity contribution in [3.05, 3.63) is 107 Å². The first-order valence-electron chi connectivity index (χ1n) is 10.6. The summed E-state index contributed by atoms with van der Waals surface area (Å²) in [5, 5.41) is 12.8. The Morgan fingerprint density at radius 1 is 1.09 bits per heavy atom. The van der Waals surface area contributed by atoms with Gasteiger partial charge >= 0.3 is 0 Å². The number of carbonyl (C=O) groups excluding carboxylic acids is 1. The molecule has 0 spiro atoms. The van der Waals surface area contributed by atoms with Crippen LogP contribution >= 0.6 is 0 Å². The second-order valence-corrected chi connectivity index (χ2v) is 7.75. The molecule has 0 aliphatic carbocycles. The van der Waals surface area contributed by atoms with Gasteiger partial charge in [0, 0.05) is 29.2 Å². The Kier molecular flexibility index (Phi) is 5.73. The van der Waals surface area contributed by atoms with Gasteiger partial charge in [-0.25, -0.2) is 9.37 Å². The quantitative estimate of drug-likeness (QED) is 0.455. The zero-order chi connectivity index (χ0) is 23.5. The van der Waals surface area contributed by atoms with Gasteiger partial charge in [-0.1, -0.05) is 24.0 Å². The van der Waals surface area contributed by atoms with Gasteiger partial charge in [0.15, 0.2) is 0 Å². The number of imidazole rings is 1. The molecule has 5 rings (SSSR count). The van der Waals surface area contributed by atoms with Gasteiger partial charge in [0.05, 0.1) is 36.4 Å². The van der Waals surface area contributed by atoms with E-state index in [1.54, 1.807) is 36.8 Å². The maximum atomic E-state index is 13.1. The van der Waals surface area contributed by atoms with Crippen molar-refractivity contribution in [1.29, 1.82) is 0 Å². The molecule has 2 heterocycles. The molecule has 166 valence electrons. The molecule has 34 heavy (non-hydrogen) atoms. The van der Waals surface area contributed by atoms with Gasteiger partial charge in [0.2, 0.25) is 5.91 Å². The van der Waals surface area contributed by atoms with Crippen molar-refractivity contribution in [3.63, 3.8) is 0 Å². The minimum atomic E-state index is -0.335. The van der Waals surface area contributed by atoms with Crippen LogP contribution in [0.15, 0.2) is 84.4 Å². The van der Waals surface area contributed by atoms with Crippen LogP contribution in [-0.2, 0) is 11.4 Å². The number of aliphatic imine (C=N–C) groups is 1. The monoisotopic (exact) mass is 450 g/mol. The van der Waals surface area contributed by atoms with E-state index in [-0.39, 0.29) is 24.8 Å². The number of nitrogens with zero attached hydrogens (tertiary/aromatic N) is 3. The largest absolute Gasteiger partial charge is 0.392 e. The number of anilines is 1. The number of aromatic nitrogens is 2. The van der Waals surface area contributed by atoms with Gasteiger partial charge < -0.3 is 15.0 Å². The molecule has 1 amide bonds. The number of fused-ring (bicyclic) bond motifs is 1. The highest BCUT2D eigenvalue weighted by atomic mass is 19.1. The minimum absolute atomic E-state index is 0.104. The highest BCUT2D eigenvalue weighted by Crippen LogP contribution is 2.32. The molecule has 1 aromatic heterocycles. The Labute approximate surface area is 195 Å². The first-order chi connectivity index (χ1) is 16.6. The van der Waals surface area contributed by atoms with E-state index in [9.17, 15) is 14.3 Å². The minimum Gasteiger partial charge on any atom is -0.392 e. The van der Waals surface area contributed by atoms with Gasteiger partial charge in [0.1, 0.15) is 5.82 Å². The number of aliphatic hydroxyl groups excluding tert-OH is 1. The van der Waals surface area contributed by atoms with Crippen molar-refractivity contribution < 1.29 is 14.3 Å². The number of hydrogen-bond donors (Lipinski definition) is 2. The molecular weight excluding hydrogens is 431 g/mol. The number of hydrogen-bond acceptors (Lipinski definition) is 4. The van der Waals surface area contributed by atoms with E-state index in [2.05, 4.69) is 22.1 Å². The predicted molar refractivity (Wildman–Crippen MR) is 128 cm³/mol. The average molecular weight is 450 g/mol. The summed E-state index contributed by atoms with van der Waals surface area (Å²) in [6.45, 7) is -0.240. The van der Waals surface area contributed by atoms with E-state index in [1.807, 2.05) is 35.0 Å². The van der Waals surface area contributed by atoms with E-state index < -0.39 is 0 Å². The van der Waals surface area contributed by atoms with Gasteiger partial charge in [0.25, 0.3) is 0 Å². The summed E-state index contributed by atoms with van der Waals surface area (Å²) in [6, 6.07) is 17.0. The third-order valence-electron chi connectivity index (χ3n) is 5.42. The average Bonchev–Trinajstić information content (AvgIpc) is 3.34. The fourth-order valence-electron chi connectivity index (χ4n) is 3.70. The van der Waals surface area contributed by atoms with Gasteiger partial charge in [-0.15, -0.1) is 0 Å². The van der Waals surface area contributed by atoms with Crippen molar-refractivity contribution >= 4 is 23.0 Å². The first-order valence-corrected chi connectivity index (χ1v) is 10.6. The van der Waals surface area contributed by atoms with E-state index >= 15 is 0 Å². The predicted octanol–water partition coefficient (Wildman–Crippen LogP) is 4.37. The Balaban J connectivity index is 1.54. The summed E-state index contributed by atoms with van der Waals surface area (Å²) in [7, 11) is 0. The fourth-order valence-corrected chi connectivity index (χ4v) is 3.70. The summed E-state index contributed by atoms with van der Waals surface area (Å²) in [6.07, 6.45) is 5.36. The molecule has 0 atom stereocenters. The van der Waals surface area contributed by atoms with Crippen molar-refractivity contribution in [2.45, 2.75) is 13.0 Å². The number of amides is 1. The van der Waals surface area contributed by atoms with Crippen LogP contribution in [0.2, 0.25) is 0 Å². The summed E-state index contributed by atoms with van der Waals surface area (Å²) in [5.74, 6) is 5.45. The number of benzene rings is 3. The Bertz CT molecular complexity index is 1460. The van der Waals surface area contributed by atoms with E-state index in [0.29, 0.717) is 33.8 Å². The molecule has 0 saturated carbocycles. The van der Waals surface area contributed by atoms with Gasteiger partial charge in [-0.3, -0.25) is 9.79 Å². The van der Waals surface area contributed by atoms with Gasteiger partial charge in [-0.05, 0) is 59.7 Å². The summed E-state index contributed by atoms with van der Waals surface area (Å²) >= 11 is 0. The summed E-state index contributed by atoms with van der Waals surface area (Å²) in [4.78, 5) is 21.5. The zero-order valence-corrected chi connectivity index (χ0v) is 18.0. The Morgan fingerprint density at radius 2 is 1.94 bits per heavy atom. The number of nitrogens with one attached hydrogen (secondary N) is 1. The highest BCUT2D eigenvalue weighted by molar-refractivity contribution is 6.17. The van der Waals surface area contributed by atoms with Crippen molar-refractivity contribution in [1.82, 2.24) is 9.55 Å². The number of aliphatic hydroxyl groups is 1. The van der Waals surface area contributed by atoms with Crippen LogP contribution in [-0.4, -0.2) is 26.3 Å². The number of carbonyl (C=O) groups is 1. The van der Waals surface area contributed by atoms with Crippen molar-refractivity contribution in [3.8, 4) is 17.5 Å². The smallest absolute Gasteiger partial charge is 0.230 e. The molecule has 0 radical (unpaired) electrons. The molecule has 6 nitrogen and oxygen atoms in total. The number of rotatable bonds is 3. The van der Waals surface area contributed by atoms with Crippen LogP contribution in [0.5, 0.6) is 0 Å². The molecule has 1 aliphatic heterocycles. The maximum Gasteiger partial charge on any atom is 0.230 e. The topological polar surface area (TPSA) is 79.5 Å². The lowest BCUT2D eigenvalue weighted by atomic mass is 10.0. The van der Waals surface area contributed by atoms with E-state index in [1.165, 1.54) is 12.1 Å². The lowest BCUT2D eigenvalue weighted by Gasteiger charge is -2.09. The molecular formula is C27H19FN4O2. The molecule has 2 N–H and O–H groups in total. The fraction of sp³-hybridized carbons (Fsp3) is 0.0741. The molecule has 7 heteroatoms. The second kappa shape index (κ2) is 9.14. The second-order valence-electron chi connectivity index (χ2n) is 7.75. The van der Waals surface area contributed by atoms with Crippen LogP contribution in [0.4, 0.5) is 15.8 Å². The third kappa shape index (κ3) is 4.49. The normalized spacial score (nSPS) is 12.6. The lowest BCUT2D eigenvalue weighted by Crippen LogP contribution is -2.15. The van der Waals surface area contributed by atoms with Crippen LogP contribution in [0.3, 0.4) is 0 Å². The van der Waals surface area contributed by atoms with Crippen LogP contribution in [0.1, 0.15) is 28.7 Å². The molecule has 0 fully saturated rings. The molecule has 0 saturated heterocycles. The SMILES string of the molecule is O=C1CC(c2cccc(-n3ccnc3)c2)=Nc2cc(CO)c(C#Cc3ccc(F)cc3)cc2N1. The summed E-state index contributed by atoms with van der Waals surface area (Å²) in [5.41, 5.74) is 5.20. The summed E-state index contributed by atoms with van der Waals surface area (Å²) < 4.78 is 15.0. The zero-order valence-electron chi connectivity index (χ0n) is 18.0. The van der Waals surface area contributed by atoms with Crippen molar-refractivity contribution in [2.24, 2.45) is 4.99 Å². The molecule has 4 aromatic rings. The highest BCUT2D eigenvalue weighted by Gasteiger charge is 2.19. The maximum absolute atomic E-state index is 13.1. The Morgan fingerprint density at radius 3 is 2.71 bits per heavy atom. The molecule has 1 aliphatic rings. The van der Waals surface area contributed by atoms with Crippen LogP contribution in [0, 0.1) is 17.7 Å². The van der Waals surface area contributed by atoms with E-state index in [0.717, 1.165) is 11.3 Å². The standard InChI is InChI=1S/C27H19FN4O2/c28-22-8-5-18(6-9-22)4-7-19-13-26-25(14-21(19)16-33)30-24(15-27(34)31-26)20-2-1-3-23(12-20)32-11-10-29-17-32/h1-3,5-6,8-14,17,33H,15-16H2,(H,31,34). The van der Waals surface area contributed by atoms with Crippen molar-refractivity contribution in [2.75, 3.05) is 5.32 Å². The molecule has 0 bridgehead atoms. The number of halogens is 1. The molecule has 0 unspecified atom stereocenters. The third-order valence-corrected chi connectivity index (χ3v) is 5.42. The lowest BCUT2D eigenvalue weighted by molar-refractivity contribution is -0.115. The Hall–Kier alpha value is -4.54. The molecule has 3 aromatic carbocycles. The first kappa shape index (κ1) is 21.3. The van der Waals surface area contributed by atoms with Crippen LogP contribution < -0.4 is 5.32 Å².